The molecular formula is C11H20F2N4O. The highest BCUT2D eigenvalue weighted by Gasteiger charge is 2.22. The summed E-state index contributed by atoms with van der Waals surface area (Å²) in [5.41, 5.74) is 6.89. The van der Waals surface area contributed by atoms with Crippen LogP contribution in [0.3, 0.4) is 0 Å². The Morgan fingerprint density at radius 2 is 2.06 bits per heavy atom. The van der Waals surface area contributed by atoms with Crippen LogP contribution >= 0.6 is 0 Å². The Kier molecular flexibility index (Phi) is 4.89. The van der Waals surface area contributed by atoms with E-state index in [9.17, 15) is 8.78 Å². The average Bonchev–Trinajstić information content (AvgIpc) is 2.55. The van der Waals surface area contributed by atoms with E-state index in [0.717, 1.165) is 0 Å². The van der Waals surface area contributed by atoms with E-state index in [1.807, 2.05) is 13.8 Å². The number of aromatic nitrogens is 2. The van der Waals surface area contributed by atoms with Gasteiger partial charge in [-0.3, -0.25) is 0 Å². The fourth-order valence-electron chi connectivity index (χ4n) is 1.79. The van der Waals surface area contributed by atoms with E-state index in [1.54, 1.807) is 11.6 Å². The van der Waals surface area contributed by atoms with Gasteiger partial charge in [0.2, 0.25) is 0 Å². The van der Waals surface area contributed by atoms with Crippen molar-refractivity contribution >= 4 is 11.5 Å². The number of aliphatic hydroxyl groups is 1. The Morgan fingerprint density at radius 1 is 1.44 bits per heavy atom. The van der Waals surface area contributed by atoms with Crippen molar-refractivity contribution in [2.45, 2.75) is 33.2 Å². The quantitative estimate of drug-likeness (QED) is 0.813. The number of aryl methyl sites for hydroxylation is 1. The summed E-state index contributed by atoms with van der Waals surface area (Å²) < 4.78 is 26.8. The normalized spacial score (nSPS) is 11.6. The minimum absolute atomic E-state index is 0.00913. The second-order valence-electron chi connectivity index (χ2n) is 4.42. The zero-order chi connectivity index (χ0) is 13.9. The van der Waals surface area contributed by atoms with Gasteiger partial charge in [0.25, 0.3) is 6.43 Å². The number of aliphatic hydroxyl groups excluding tert-OH is 1. The van der Waals surface area contributed by atoms with Crippen molar-refractivity contribution in [3.05, 3.63) is 5.69 Å². The minimum atomic E-state index is -2.49. The molecule has 0 spiro atoms. The SMILES string of the molecule is Cc1nn(C(C)C)c(N(CCO)CC(F)F)c1N. The number of halogens is 2. The van der Waals surface area contributed by atoms with Crippen molar-refractivity contribution in [3.63, 3.8) is 0 Å². The number of hydrogen-bond acceptors (Lipinski definition) is 4. The molecule has 1 heterocycles. The lowest BCUT2D eigenvalue weighted by Gasteiger charge is -2.26. The third kappa shape index (κ3) is 3.10. The molecule has 3 N–H and O–H groups in total. The van der Waals surface area contributed by atoms with Crippen LogP contribution in [-0.4, -0.2) is 41.0 Å². The highest BCUT2D eigenvalue weighted by Crippen LogP contribution is 2.29. The highest BCUT2D eigenvalue weighted by atomic mass is 19.3. The summed E-state index contributed by atoms with van der Waals surface area (Å²) in [4.78, 5) is 1.38. The Hall–Kier alpha value is -1.37. The molecule has 0 unspecified atom stereocenters. The molecule has 0 aromatic carbocycles. The number of rotatable bonds is 6. The lowest BCUT2D eigenvalue weighted by molar-refractivity contribution is 0.152. The summed E-state index contributed by atoms with van der Waals surface area (Å²) in [7, 11) is 0. The molecule has 1 rings (SSSR count). The Bertz CT molecular complexity index is 393. The van der Waals surface area contributed by atoms with E-state index >= 15 is 0 Å². The molecule has 0 amide bonds. The molecule has 5 nitrogen and oxygen atoms in total. The van der Waals surface area contributed by atoms with Gasteiger partial charge in [-0.05, 0) is 20.8 Å². The maximum absolute atomic E-state index is 12.6. The van der Waals surface area contributed by atoms with Gasteiger partial charge in [-0.15, -0.1) is 0 Å². The van der Waals surface area contributed by atoms with Crippen LogP contribution < -0.4 is 10.6 Å². The number of alkyl halides is 2. The largest absolute Gasteiger partial charge is 0.395 e. The van der Waals surface area contributed by atoms with Crippen molar-refractivity contribution in [2.24, 2.45) is 0 Å². The Morgan fingerprint density at radius 3 is 2.50 bits per heavy atom. The molecule has 0 aliphatic carbocycles. The molecule has 104 valence electrons. The molecule has 0 saturated carbocycles. The second kappa shape index (κ2) is 5.99. The first-order valence-electron chi connectivity index (χ1n) is 5.87. The minimum Gasteiger partial charge on any atom is -0.395 e. The van der Waals surface area contributed by atoms with Crippen LogP contribution in [0, 0.1) is 6.92 Å². The molecule has 7 heteroatoms. The number of hydrogen-bond donors (Lipinski definition) is 2. The van der Waals surface area contributed by atoms with Crippen LogP contribution in [0.4, 0.5) is 20.3 Å². The standard InChI is InChI=1S/C11H20F2N4O/c1-7(2)17-11(10(14)8(3)15-17)16(4-5-18)6-9(12)13/h7,9,18H,4-6,14H2,1-3H3. The predicted molar refractivity (Wildman–Crippen MR) is 67.1 cm³/mol. The monoisotopic (exact) mass is 262 g/mol. The molecule has 1 aromatic rings. The first kappa shape index (κ1) is 14.7. The van der Waals surface area contributed by atoms with Gasteiger partial charge < -0.3 is 15.7 Å². The van der Waals surface area contributed by atoms with Crippen molar-refractivity contribution in [1.82, 2.24) is 9.78 Å². The van der Waals surface area contributed by atoms with Crippen molar-refractivity contribution in [1.29, 1.82) is 0 Å². The maximum Gasteiger partial charge on any atom is 0.255 e. The molecule has 0 atom stereocenters. The molecular weight excluding hydrogens is 242 g/mol. The molecule has 0 bridgehead atoms. The van der Waals surface area contributed by atoms with Crippen LogP contribution in [0.1, 0.15) is 25.6 Å². The smallest absolute Gasteiger partial charge is 0.255 e. The van der Waals surface area contributed by atoms with Crippen molar-refractivity contribution < 1.29 is 13.9 Å². The third-order valence-corrected chi connectivity index (χ3v) is 2.62. The van der Waals surface area contributed by atoms with E-state index in [0.29, 0.717) is 17.2 Å². The highest BCUT2D eigenvalue weighted by molar-refractivity contribution is 5.66. The van der Waals surface area contributed by atoms with Crippen LogP contribution in [0.15, 0.2) is 0 Å². The number of nitrogen functional groups attached to an aromatic ring is 1. The van der Waals surface area contributed by atoms with Gasteiger partial charge in [-0.1, -0.05) is 0 Å². The summed E-state index contributed by atoms with van der Waals surface area (Å²) in [6, 6.07) is 0.00913. The zero-order valence-corrected chi connectivity index (χ0v) is 10.9. The van der Waals surface area contributed by atoms with Crippen molar-refractivity contribution in [3.8, 4) is 0 Å². The van der Waals surface area contributed by atoms with Crippen LogP contribution in [0.5, 0.6) is 0 Å². The Labute approximate surface area is 105 Å². The molecule has 0 fully saturated rings. The average molecular weight is 262 g/mol. The summed E-state index contributed by atoms with van der Waals surface area (Å²) >= 11 is 0. The molecule has 1 aromatic heterocycles. The van der Waals surface area contributed by atoms with Gasteiger partial charge in [0.15, 0.2) is 5.82 Å². The van der Waals surface area contributed by atoms with E-state index in [4.69, 9.17) is 10.8 Å². The van der Waals surface area contributed by atoms with Gasteiger partial charge in [-0.2, -0.15) is 5.10 Å². The van der Waals surface area contributed by atoms with E-state index < -0.39 is 13.0 Å². The van der Waals surface area contributed by atoms with Gasteiger partial charge >= 0.3 is 0 Å². The first-order valence-corrected chi connectivity index (χ1v) is 5.87. The number of anilines is 2. The third-order valence-electron chi connectivity index (χ3n) is 2.62. The predicted octanol–water partition coefficient (Wildman–Crippen LogP) is 1.42. The number of nitrogens with zero attached hydrogens (tertiary/aromatic N) is 3. The van der Waals surface area contributed by atoms with E-state index in [-0.39, 0.29) is 19.2 Å². The van der Waals surface area contributed by atoms with Crippen molar-refractivity contribution in [2.75, 3.05) is 30.3 Å². The zero-order valence-electron chi connectivity index (χ0n) is 10.9. The molecule has 0 saturated heterocycles. The maximum atomic E-state index is 12.6. The fourth-order valence-corrected chi connectivity index (χ4v) is 1.79. The first-order chi connectivity index (χ1) is 8.38. The van der Waals surface area contributed by atoms with E-state index in [1.165, 1.54) is 4.90 Å². The molecule has 0 aliphatic rings. The molecule has 0 radical (unpaired) electrons. The Balaban J connectivity index is 3.16. The number of nitrogens with two attached hydrogens (primary N) is 1. The topological polar surface area (TPSA) is 67.3 Å². The lowest BCUT2D eigenvalue weighted by atomic mass is 10.3. The fraction of sp³-hybridized carbons (Fsp3) is 0.727. The lowest BCUT2D eigenvalue weighted by Crippen LogP contribution is -2.34. The second-order valence-corrected chi connectivity index (χ2v) is 4.42. The summed E-state index contributed by atoms with van der Waals surface area (Å²) in [5, 5.41) is 13.2. The molecule has 0 aliphatic heterocycles. The summed E-state index contributed by atoms with van der Waals surface area (Å²) in [5.74, 6) is 0.455. The summed E-state index contributed by atoms with van der Waals surface area (Å²) in [6.45, 7) is 4.95. The van der Waals surface area contributed by atoms with E-state index in [2.05, 4.69) is 5.10 Å². The van der Waals surface area contributed by atoms with Gasteiger partial charge in [0.1, 0.15) is 0 Å². The van der Waals surface area contributed by atoms with Gasteiger partial charge in [0, 0.05) is 12.6 Å². The van der Waals surface area contributed by atoms with Crippen LogP contribution in [0.25, 0.3) is 0 Å². The van der Waals surface area contributed by atoms with Gasteiger partial charge in [0.05, 0.1) is 24.5 Å². The van der Waals surface area contributed by atoms with Crippen LogP contribution in [-0.2, 0) is 0 Å². The summed E-state index contributed by atoms with van der Waals surface area (Å²) in [6.07, 6.45) is -2.49. The molecule has 18 heavy (non-hydrogen) atoms. The van der Waals surface area contributed by atoms with Crippen LogP contribution in [0.2, 0.25) is 0 Å². The van der Waals surface area contributed by atoms with Gasteiger partial charge in [-0.25, -0.2) is 13.5 Å².